The van der Waals surface area contributed by atoms with E-state index >= 15 is 0 Å². The van der Waals surface area contributed by atoms with Gasteiger partial charge in [-0.25, -0.2) is 9.59 Å². The monoisotopic (exact) mass is 438 g/mol. The average Bonchev–Trinajstić information content (AvgIpc) is 2.59. The summed E-state index contributed by atoms with van der Waals surface area (Å²) in [5.41, 5.74) is 0.541. The van der Waals surface area contributed by atoms with Crippen LogP contribution in [0.1, 0.15) is 92.9 Å². The van der Waals surface area contributed by atoms with Crippen LogP contribution in [-0.4, -0.2) is 75.9 Å². The maximum atomic E-state index is 11.8. The van der Waals surface area contributed by atoms with Crippen molar-refractivity contribution in [1.29, 1.82) is 0 Å². The van der Waals surface area contributed by atoms with E-state index in [1.165, 1.54) is 0 Å². The van der Waals surface area contributed by atoms with Gasteiger partial charge >= 0.3 is 63.7 Å². The predicted molar refractivity (Wildman–Crippen MR) is 113 cm³/mol. The molecule has 0 N–H and O–H groups in total. The molecule has 29 heavy (non-hydrogen) atoms. The van der Waals surface area contributed by atoms with E-state index in [0.717, 1.165) is 51.4 Å². The molecule has 0 atom stereocenters. The summed E-state index contributed by atoms with van der Waals surface area (Å²) in [7, 11) is 0. The Bertz CT molecular complexity index is 520. The first-order valence-electron chi connectivity index (χ1n) is 10.7. The zero-order valence-corrected chi connectivity index (χ0v) is 18.4. The van der Waals surface area contributed by atoms with Crippen LogP contribution in [0, 0.1) is 22.7 Å². The van der Waals surface area contributed by atoms with Crippen molar-refractivity contribution in [2.24, 2.45) is 22.7 Å². The molecule has 0 aromatic rings. The molecule has 164 valence electrons. The molecule has 0 unspecified atom stereocenters. The normalized spacial score (nSPS) is 28.1. The molecule has 0 aliphatic heterocycles. The topological polar surface area (TPSA) is 71.1 Å². The van der Waals surface area contributed by atoms with Crippen molar-refractivity contribution in [2.75, 3.05) is 0 Å². The number of rotatable bonds is 3. The number of ether oxygens (including phenoxy) is 2. The fraction of sp³-hybridized carbons (Fsp3) is 0.909. The van der Waals surface area contributed by atoms with Gasteiger partial charge in [-0.1, -0.05) is 41.5 Å². The van der Waals surface area contributed by atoms with Crippen LogP contribution >= 0.6 is 0 Å². The van der Waals surface area contributed by atoms with E-state index in [-0.39, 0.29) is 74.4 Å². The fourth-order valence-electron chi connectivity index (χ4n) is 4.42. The maximum absolute atomic E-state index is 11.8. The third-order valence-electron chi connectivity index (χ3n) is 6.48. The summed E-state index contributed by atoms with van der Waals surface area (Å²) in [5.74, 6) is 1.26. The van der Waals surface area contributed by atoms with Gasteiger partial charge in [-0.05, 0) is 74.0 Å². The summed E-state index contributed by atoms with van der Waals surface area (Å²) in [6.45, 7) is 13.4. The van der Waals surface area contributed by atoms with E-state index < -0.39 is 12.3 Å². The van der Waals surface area contributed by atoms with Gasteiger partial charge in [-0.3, -0.25) is 4.89 Å². The summed E-state index contributed by atoms with van der Waals surface area (Å²) in [6, 6.07) is 0. The zero-order valence-electron chi connectivity index (χ0n) is 18.4. The van der Waals surface area contributed by atoms with Gasteiger partial charge in [0, 0.05) is 0 Å². The number of carbonyl (C=O) groups excluding carboxylic acids is 2. The van der Waals surface area contributed by atoms with E-state index in [4.69, 9.17) is 9.62 Å². The molecule has 0 aromatic carbocycles. The van der Waals surface area contributed by atoms with Crippen molar-refractivity contribution in [3.8, 4) is 0 Å². The third-order valence-corrected chi connectivity index (χ3v) is 6.48. The Balaban J connectivity index is 0.00000420. The van der Waals surface area contributed by atoms with Gasteiger partial charge < -0.3 is 9.47 Å². The molecule has 0 heterocycles. The van der Waals surface area contributed by atoms with Crippen molar-refractivity contribution < 1.29 is 28.8 Å². The summed E-state index contributed by atoms with van der Waals surface area (Å²) >= 11 is 0. The Hall–Kier alpha value is 0.336. The Labute approximate surface area is 218 Å². The first-order chi connectivity index (χ1) is 12.9. The minimum atomic E-state index is -1.16. The average molecular weight is 439 g/mol. The van der Waals surface area contributed by atoms with E-state index in [0.29, 0.717) is 11.8 Å². The van der Waals surface area contributed by atoms with Gasteiger partial charge in [0.1, 0.15) is 12.2 Å². The van der Waals surface area contributed by atoms with Crippen molar-refractivity contribution >= 4 is 63.7 Å². The molecule has 7 heteroatoms. The molecule has 0 radical (unpaired) electrons. The van der Waals surface area contributed by atoms with Crippen LogP contribution in [0.2, 0.25) is 0 Å². The summed E-state index contributed by atoms with van der Waals surface area (Å²) in [5, 5.41) is 0. The Morgan fingerprint density at radius 3 is 1.48 bits per heavy atom. The van der Waals surface area contributed by atoms with Gasteiger partial charge in [0.25, 0.3) is 0 Å². The molecule has 2 aliphatic carbocycles. The van der Waals surface area contributed by atoms with Crippen molar-refractivity contribution in [3.05, 3.63) is 0 Å². The Morgan fingerprint density at radius 1 is 0.655 bits per heavy atom. The molecule has 2 rings (SSSR count). The van der Waals surface area contributed by atoms with Crippen molar-refractivity contribution in [3.63, 3.8) is 0 Å². The zero-order chi connectivity index (χ0) is 20.9. The molecule has 2 fully saturated rings. The molecule has 2 saturated carbocycles. The van der Waals surface area contributed by atoms with E-state index in [9.17, 15) is 9.59 Å². The molecule has 0 aromatic heterocycles. The summed E-state index contributed by atoms with van der Waals surface area (Å²) in [6.07, 6.45) is 4.81. The quantitative estimate of drug-likeness (QED) is 0.183. The van der Waals surface area contributed by atoms with Gasteiger partial charge in [0.15, 0.2) is 0 Å². The molecule has 0 saturated heterocycles. The Kier molecular flexibility index (Phi) is 11.2. The van der Waals surface area contributed by atoms with Crippen LogP contribution in [0.15, 0.2) is 0 Å². The first-order valence-corrected chi connectivity index (χ1v) is 10.7. The van der Waals surface area contributed by atoms with Gasteiger partial charge in [-0.15, -0.1) is 0 Å². The predicted octanol–water partition coefficient (Wildman–Crippen LogP) is 5.77. The second-order valence-electron chi connectivity index (χ2n) is 10.6. The van der Waals surface area contributed by atoms with Crippen LogP contribution in [0.3, 0.4) is 0 Å². The Morgan fingerprint density at radius 2 is 1.07 bits per heavy atom. The molecule has 2 aliphatic rings. The van der Waals surface area contributed by atoms with Gasteiger partial charge in [0.2, 0.25) is 0 Å². The van der Waals surface area contributed by atoms with Crippen LogP contribution in [0.5, 0.6) is 0 Å². The van der Waals surface area contributed by atoms with E-state index in [1.807, 2.05) is 0 Å². The minimum absolute atomic E-state index is 0. The van der Waals surface area contributed by atoms with Crippen molar-refractivity contribution in [1.82, 2.24) is 0 Å². The van der Waals surface area contributed by atoms with E-state index in [2.05, 4.69) is 51.2 Å². The molecule has 0 amide bonds. The van der Waals surface area contributed by atoms with Crippen LogP contribution in [-0.2, 0) is 19.2 Å². The molecule has 0 bridgehead atoms. The van der Waals surface area contributed by atoms with Gasteiger partial charge in [0.05, 0.1) is 0 Å². The second-order valence-corrected chi connectivity index (χ2v) is 10.6. The summed E-state index contributed by atoms with van der Waals surface area (Å²) < 4.78 is 9.82. The SMILES string of the molecule is CC(C)(C)C1CCC(OOC(=O)OC(=O)OC2CCC(C(C)(C)C)CC2)CC1.[KH]. The van der Waals surface area contributed by atoms with Crippen LogP contribution in [0.4, 0.5) is 9.59 Å². The molecule has 6 nitrogen and oxygen atoms in total. The number of carbonyl (C=O) groups is 2. The second kappa shape index (κ2) is 11.8. The summed E-state index contributed by atoms with van der Waals surface area (Å²) in [4.78, 5) is 33.3. The fourth-order valence-corrected chi connectivity index (χ4v) is 4.42. The number of hydrogen-bond acceptors (Lipinski definition) is 6. The van der Waals surface area contributed by atoms with Crippen LogP contribution in [0.25, 0.3) is 0 Å². The number of hydrogen-bond donors (Lipinski definition) is 0. The third kappa shape index (κ3) is 9.56. The van der Waals surface area contributed by atoms with Crippen molar-refractivity contribution in [2.45, 2.75) is 105 Å². The van der Waals surface area contributed by atoms with Crippen LogP contribution < -0.4 is 0 Å². The van der Waals surface area contributed by atoms with E-state index in [1.54, 1.807) is 0 Å². The molecular formula is C22H39KO6. The first kappa shape index (κ1) is 27.4. The molecular weight excluding hydrogens is 399 g/mol. The van der Waals surface area contributed by atoms with Gasteiger partial charge in [-0.2, -0.15) is 4.89 Å². The standard InChI is InChI=1S/C22H38O6.K.H/c1-21(2,3)15-7-11-17(12-8-15)25-19(23)26-20(24)28-27-18-13-9-16(10-14-18)22(4,5)6;;/h15-18H,7-14H2,1-6H3;;. The molecule has 0 spiro atoms.